The van der Waals surface area contributed by atoms with Crippen LogP contribution < -0.4 is 0 Å². The fraction of sp³-hybridized carbons (Fsp3) is 0.697. The van der Waals surface area contributed by atoms with E-state index < -0.39 is 18.2 Å². The summed E-state index contributed by atoms with van der Waals surface area (Å²) in [7, 11) is 0. The van der Waals surface area contributed by atoms with Crippen molar-refractivity contribution in [3.63, 3.8) is 0 Å². The van der Waals surface area contributed by atoms with Gasteiger partial charge in [-0.1, -0.05) is 114 Å². The van der Waals surface area contributed by atoms with Crippen molar-refractivity contribution in [1.82, 2.24) is 0 Å². The van der Waals surface area contributed by atoms with Gasteiger partial charge in [-0.2, -0.15) is 0 Å². The van der Waals surface area contributed by atoms with Gasteiger partial charge in [-0.15, -0.1) is 0 Å². The van der Waals surface area contributed by atoms with Crippen LogP contribution in [0.5, 0.6) is 0 Å². The summed E-state index contributed by atoms with van der Waals surface area (Å²) in [4.78, 5) is 23.6. The molecule has 6 nitrogen and oxygen atoms in total. The highest BCUT2D eigenvalue weighted by Crippen LogP contribution is 2.09. The number of aliphatic hydroxyl groups is 2. The molecule has 6 heteroatoms. The summed E-state index contributed by atoms with van der Waals surface area (Å²) < 4.78 is 10.1. The Balaban J connectivity index is 3.74. The molecule has 2 N–H and O–H groups in total. The molecule has 0 amide bonds. The Bertz CT molecular complexity index is 694. The lowest BCUT2D eigenvalue weighted by Crippen LogP contribution is -2.25. The molecular formula is C33H56O6. The van der Waals surface area contributed by atoms with Crippen LogP contribution in [0.4, 0.5) is 0 Å². The van der Waals surface area contributed by atoms with E-state index in [0.717, 1.165) is 38.5 Å². The van der Waals surface area contributed by atoms with Crippen LogP contribution in [0, 0.1) is 0 Å². The third kappa shape index (κ3) is 28.6. The van der Waals surface area contributed by atoms with Crippen LogP contribution in [0.15, 0.2) is 48.6 Å². The average molecular weight is 549 g/mol. The van der Waals surface area contributed by atoms with Crippen LogP contribution in [0.1, 0.15) is 123 Å². The first-order valence-corrected chi connectivity index (χ1v) is 15.3. The van der Waals surface area contributed by atoms with E-state index in [4.69, 9.17) is 9.47 Å². The highest BCUT2D eigenvalue weighted by Gasteiger charge is 2.12. The van der Waals surface area contributed by atoms with Gasteiger partial charge in [0.05, 0.1) is 6.10 Å². The Hall–Kier alpha value is -2.18. The zero-order valence-electron chi connectivity index (χ0n) is 24.7. The topological polar surface area (TPSA) is 93.1 Å². The van der Waals surface area contributed by atoms with Gasteiger partial charge in [0, 0.05) is 12.8 Å². The molecule has 0 rings (SSSR count). The van der Waals surface area contributed by atoms with E-state index in [2.05, 4.69) is 38.2 Å². The molecule has 0 bridgehead atoms. The number of ether oxygens (including phenoxy) is 2. The lowest BCUT2D eigenvalue weighted by atomic mass is 10.1. The van der Waals surface area contributed by atoms with Crippen LogP contribution in [0.2, 0.25) is 0 Å². The Morgan fingerprint density at radius 1 is 0.641 bits per heavy atom. The molecule has 0 fully saturated rings. The molecule has 0 aromatic heterocycles. The first kappa shape index (κ1) is 36.8. The van der Waals surface area contributed by atoms with E-state index in [-0.39, 0.29) is 25.6 Å². The third-order valence-corrected chi connectivity index (χ3v) is 6.17. The molecule has 0 aliphatic rings. The number of rotatable bonds is 26. The first-order valence-electron chi connectivity index (χ1n) is 15.3. The maximum absolute atomic E-state index is 11.9. The summed E-state index contributed by atoms with van der Waals surface area (Å²) in [5.74, 6) is -0.773. The number of esters is 2. The second kappa shape index (κ2) is 28.8. The molecule has 0 saturated carbocycles. The zero-order chi connectivity index (χ0) is 28.8. The van der Waals surface area contributed by atoms with Gasteiger partial charge < -0.3 is 19.7 Å². The Morgan fingerprint density at radius 2 is 1.18 bits per heavy atom. The van der Waals surface area contributed by atoms with Crippen molar-refractivity contribution in [2.75, 3.05) is 13.2 Å². The molecule has 0 aromatic rings. The van der Waals surface area contributed by atoms with E-state index in [1.165, 1.54) is 44.9 Å². The predicted octanol–water partition coefficient (Wildman–Crippen LogP) is 7.69. The third-order valence-electron chi connectivity index (χ3n) is 6.17. The molecule has 2 atom stereocenters. The van der Waals surface area contributed by atoms with Gasteiger partial charge in [0.25, 0.3) is 0 Å². The van der Waals surface area contributed by atoms with Crippen LogP contribution >= 0.6 is 0 Å². The van der Waals surface area contributed by atoms with Gasteiger partial charge in [0.15, 0.2) is 0 Å². The molecule has 0 aliphatic heterocycles. The van der Waals surface area contributed by atoms with E-state index in [1.54, 1.807) is 6.08 Å². The van der Waals surface area contributed by atoms with Gasteiger partial charge in [0.2, 0.25) is 0 Å². The second-order valence-corrected chi connectivity index (χ2v) is 10.1. The van der Waals surface area contributed by atoms with Crippen molar-refractivity contribution in [2.24, 2.45) is 0 Å². The fourth-order valence-corrected chi connectivity index (χ4v) is 3.77. The zero-order valence-corrected chi connectivity index (χ0v) is 24.7. The van der Waals surface area contributed by atoms with Gasteiger partial charge in [-0.25, -0.2) is 0 Å². The van der Waals surface area contributed by atoms with Crippen molar-refractivity contribution in [3.8, 4) is 0 Å². The van der Waals surface area contributed by atoms with Gasteiger partial charge in [-0.3, -0.25) is 9.59 Å². The van der Waals surface area contributed by atoms with E-state index in [9.17, 15) is 19.8 Å². The maximum Gasteiger partial charge on any atom is 0.305 e. The average Bonchev–Trinajstić information content (AvgIpc) is 2.92. The van der Waals surface area contributed by atoms with Crippen LogP contribution in [-0.4, -0.2) is 47.6 Å². The number of hydrogen-bond donors (Lipinski definition) is 2. The first-order chi connectivity index (χ1) is 19.0. The number of carbonyl (C=O) groups excluding carboxylic acids is 2. The number of carbonyl (C=O) groups is 2. The summed E-state index contributed by atoms with van der Waals surface area (Å²) in [6, 6.07) is 0. The highest BCUT2D eigenvalue weighted by molar-refractivity contribution is 5.69. The minimum atomic E-state index is -1.03. The molecule has 0 saturated heterocycles. The molecule has 0 heterocycles. The minimum Gasteiger partial charge on any atom is -0.463 e. The summed E-state index contributed by atoms with van der Waals surface area (Å²) in [6.45, 7) is 4.02. The van der Waals surface area contributed by atoms with Crippen molar-refractivity contribution >= 4 is 11.9 Å². The predicted molar refractivity (Wildman–Crippen MR) is 160 cm³/mol. The van der Waals surface area contributed by atoms with Crippen molar-refractivity contribution < 1.29 is 29.3 Å². The van der Waals surface area contributed by atoms with E-state index in [0.29, 0.717) is 19.3 Å². The van der Waals surface area contributed by atoms with Gasteiger partial charge >= 0.3 is 11.9 Å². The summed E-state index contributed by atoms with van der Waals surface area (Å²) in [5.41, 5.74) is 0. The highest BCUT2D eigenvalue weighted by atomic mass is 16.6. The monoisotopic (exact) mass is 548 g/mol. The maximum atomic E-state index is 11.9. The number of unbranched alkanes of at least 4 members (excludes halogenated alkanes) is 9. The standard InChI is InChI=1S/C33H56O6/c1-3-5-7-9-11-12-13-14-15-16-18-19-21-24-30(34)25-23-27-33(37)39-29-31(35)28-38-32(36)26-22-20-17-10-8-6-4-2/h11-12,14-15,18-19,21,24,30-31,34-35H,3-10,13,16-17,20,22-23,25-29H2,1-2H3/b12-11-,15-14-,19-18-,24-21+/t30-,31+/m1/s1. The number of aliphatic hydroxyl groups excluding tert-OH is 2. The molecular weight excluding hydrogens is 492 g/mol. The second-order valence-electron chi connectivity index (χ2n) is 10.1. The van der Waals surface area contributed by atoms with Crippen LogP contribution in [-0.2, 0) is 19.1 Å². The SMILES string of the molecule is CCCCC/C=C\C/C=C\C/C=C\C=C\[C@@H](O)CCCC(=O)OC[C@@H](O)COC(=O)CCCCCCCCC. The van der Waals surface area contributed by atoms with E-state index in [1.807, 2.05) is 18.2 Å². The molecule has 0 spiro atoms. The van der Waals surface area contributed by atoms with Crippen LogP contribution in [0.25, 0.3) is 0 Å². The Kier molecular flexibility index (Phi) is 27.2. The summed E-state index contributed by atoms with van der Waals surface area (Å²) in [6.07, 6.45) is 30.6. The normalized spacial score (nSPS) is 13.6. The van der Waals surface area contributed by atoms with Gasteiger partial charge in [-0.05, 0) is 44.9 Å². The van der Waals surface area contributed by atoms with Crippen molar-refractivity contribution in [2.45, 2.75) is 135 Å². The van der Waals surface area contributed by atoms with E-state index >= 15 is 0 Å². The molecule has 0 unspecified atom stereocenters. The molecule has 0 aliphatic carbocycles. The Labute approximate surface area is 238 Å². The lowest BCUT2D eigenvalue weighted by Gasteiger charge is -2.12. The molecule has 0 aromatic carbocycles. The number of allylic oxidation sites excluding steroid dienone is 7. The smallest absolute Gasteiger partial charge is 0.305 e. The van der Waals surface area contributed by atoms with Crippen LogP contribution in [0.3, 0.4) is 0 Å². The largest absolute Gasteiger partial charge is 0.463 e. The molecule has 224 valence electrons. The lowest BCUT2D eigenvalue weighted by molar-refractivity contribution is -0.152. The quantitative estimate of drug-likeness (QED) is 0.0498. The molecule has 39 heavy (non-hydrogen) atoms. The Morgan fingerprint density at radius 3 is 1.85 bits per heavy atom. The van der Waals surface area contributed by atoms with Crippen molar-refractivity contribution in [1.29, 1.82) is 0 Å². The van der Waals surface area contributed by atoms with Crippen molar-refractivity contribution in [3.05, 3.63) is 48.6 Å². The minimum absolute atomic E-state index is 0.156. The summed E-state index contributed by atoms with van der Waals surface area (Å²) in [5, 5.41) is 19.9. The summed E-state index contributed by atoms with van der Waals surface area (Å²) >= 11 is 0. The number of hydrogen-bond acceptors (Lipinski definition) is 6. The van der Waals surface area contributed by atoms with Gasteiger partial charge in [0.1, 0.15) is 19.3 Å². The molecule has 0 radical (unpaired) electrons. The fourth-order valence-electron chi connectivity index (χ4n) is 3.77.